The number of aryl methyl sites for hydroxylation is 1. The SMILES string of the molecule is Cc1cc(F)c(C(C)NCC(C)(C)NS(C)(=O)=O)cc1F. The van der Waals surface area contributed by atoms with Crippen molar-refractivity contribution in [3.8, 4) is 0 Å². The Morgan fingerprint density at radius 1 is 1.24 bits per heavy atom. The minimum Gasteiger partial charge on any atom is -0.308 e. The number of halogens is 2. The Morgan fingerprint density at radius 3 is 2.33 bits per heavy atom. The maximum absolute atomic E-state index is 13.9. The largest absolute Gasteiger partial charge is 0.308 e. The molecule has 120 valence electrons. The summed E-state index contributed by atoms with van der Waals surface area (Å²) in [7, 11) is -3.34. The molecule has 0 aliphatic rings. The first-order valence-electron chi connectivity index (χ1n) is 6.59. The second-order valence-corrected chi connectivity index (χ2v) is 7.73. The van der Waals surface area contributed by atoms with Gasteiger partial charge in [0.05, 0.1) is 6.26 Å². The molecule has 4 nitrogen and oxygen atoms in total. The van der Waals surface area contributed by atoms with Crippen LogP contribution < -0.4 is 10.0 Å². The molecule has 0 saturated heterocycles. The summed E-state index contributed by atoms with van der Waals surface area (Å²) < 4.78 is 52.4. The Kier molecular flexibility index (Phi) is 5.46. The van der Waals surface area contributed by atoms with Crippen molar-refractivity contribution >= 4 is 10.0 Å². The minimum absolute atomic E-state index is 0.216. The third-order valence-corrected chi connectivity index (χ3v) is 3.98. The lowest BCUT2D eigenvalue weighted by molar-refractivity contribution is 0.394. The lowest BCUT2D eigenvalue weighted by Crippen LogP contribution is -2.50. The van der Waals surface area contributed by atoms with Gasteiger partial charge in [-0.2, -0.15) is 0 Å². The van der Waals surface area contributed by atoms with E-state index >= 15 is 0 Å². The summed E-state index contributed by atoms with van der Waals surface area (Å²) in [6.45, 7) is 6.89. The molecule has 7 heteroatoms. The van der Waals surface area contributed by atoms with Crippen LogP contribution in [0.2, 0.25) is 0 Å². The van der Waals surface area contributed by atoms with Gasteiger partial charge in [-0.15, -0.1) is 0 Å². The van der Waals surface area contributed by atoms with Gasteiger partial charge in [0, 0.05) is 23.7 Å². The first kappa shape index (κ1) is 18.0. The Labute approximate surface area is 125 Å². The lowest BCUT2D eigenvalue weighted by Gasteiger charge is -2.27. The monoisotopic (exact) mass is 320 g/mol. The highest BCUT2D eigenvalue weighted by Crippen LogP contribution is 2.21. The third kappa shape index (κ3) is 5.68. The Hall–Kier alpha value is -1.05. The minimum atomic E-state index is -3.34. The highest BCUT2D eigenvalue weighted by molar-refractivity contribution is 7.88. The molecule has 0 aromatic heterocycles. The van der Waals surface area contributed by atoms with Crippen molar-refractivity contribution < 1.29 is 17.2 Å². The van der Waals surface area contributed by atoms with Gasteiger partial charge >= 0.3 is 0 Å². The molecular weight excluding hydrogens is 298 g/mol. The number of rotatable bonds is 6. The molecule has 2 N–H and O–H groups in total. The molecule has 0 aliphatic heterocycles. The van der Waals surface area contributed by atoms with E-state index in [2.05, 4.69) is 10.0 Å². The van der Waals surface area contributed by atoms with Crippen LogP contribution in [0.1, 0.15) is 37.9 Å². The number of hydrogen-bond donors (Lipinski definition) is 2. The number of sulfonamides is 1. The van der Waals surface area contributed by atoms with E-state index in [-0.39, 0.29) is 17.7 Å². The van der Waals surface area contributed by atoms with E-state index in [1.54, 1.807) is 20.8 Å². The van der Waals surface area contributed by atoms with Crippen molar-refractivity contribution in [3.05, 3.63) is 34.9 Å². The van der Waals surface area contributed by atoms with Crippen LogP contribution in [0.15, 0.2) is 12.1 Å². The van der Waals surface area contributed by atoms with Crippen LogP contribution in [0.4, 0.5) is 8.78 Å². The van der Waals surface area contributed by atoms with Crippen LogP contribution in [0.25, 0.3) is 0 Å². The first-order valence-corrected chi connectivity index (χ1v) is 8.48. The topological polar surface area (TPSA) is 58.2 Å². The predicted octanol–water partition coefficient (Wildman–Crippen LogP) is 2.25. The molecule has 0 heterocycles. The molecule has 0 fully saturated rings. The van der Waals surface area contributed by atoms with E-state index in [0.29, 0.717) is 0 Å². The molecular formula is C14H22F2N2O2S. The Bertz CT molecular complexity index is 616. The van der Waals surface area contributed by atoms with Crippen molar-refractivity contribution in [2.45, 2.75) is 39.3 Å². The fourth-order valence-corrected chi connectivity index (χ4v) is 3.13. The molecule has 0 aliphatic carbocycles. The zero-order chi connectivity index (χ0) is 16.4. The average molecular weight is 320 g/mol. The summed E-state index contributed by atoms with van der Waals surface area (Å²) in [5.41, 5.74) is -0.266. The smallest absolute Gasteiger partial charge is 0.209 e. The van der Waals surface area contributed by atoms with Gasteiger partial charge < -0.3 is 5.32 Å². The lowest BCUT2D eigenvalue weighted by atomic mass is 10.0. The van der Waals surface area contributed by atoms with Crippen molar-refractivity contribution in [2.24, 2.45) is 0 Å². The van der Waals surface area contributed by atoms with Gasteiger partial charge in [0.15, 0.2) is 0 Å². The molecule has 0 bridgehead atoms. The van der Waals surface area contributed by atoms with Gasteiger partial charge in [-0.3, -0.25) is 0 Å². The summed E-state index contributed by atoms with van der Waals surface area (Å²) >= 11 is 0. The first-order chi connectivity index (χ1) is 9.41. The number of hydrogen-bond acceptors (Lipinski definition) is 3. The van der Waals surface area contributed by atoms with Crippen molar-refractivity contribution in [3.63, 3.8) is 0 Å². The van der Waals surface area contributed by atoms with Gasteiger partial charge in [-0.25, -0.2) is 21.9 Å². The summed E-state index contributed by atoms with van der Waals surface area (Å²) in [4.78, 5) is 0. The molecule has 0 amide bonds. The second kappa shape index (κ2) is 6.37. The van der Waals surface area contributed by atoms with Crippen LogP contribution >= 0.6 is 0 Å². The molecule has 1 atom stereocenters. The highest BCUT2D eigenvalue weighted by Gasteiger charge is 2.23. The van der Waals surface area contributed by atoms with Gasteiger partial charge in [0.2, 0.25) is 10.0 Å². The summed E-state index contributed by atoms with van der Waals surface area (Å²) in [5.74, 6) is -0.948. The molecule has 1 aromatic rings. The van der Waals surface area contributed by atoms with Crippen molar-refractivity contribution in [1.29, 1.82) is 0 Å². The molecule has 21 heavy (non-hydrogen) atoms. The zero-order valence-electron chi connectivity index (χ0n) is 12.9. The van der Waals surface area contributed by atoms with E-state index < -0.39 is 33.2 Å². The maximum atomic E-state index is 13.9. The van der Waals surface area contributed by atoms with Gasteiger partial charge in [-0.05, 0) is 45.4 Å². The van der Waals surface area contributed by atoms with Crippen LogP contribution in [0.3, 0.4) is 0 Å². The van der Waals surface area contributed by atoms with E-state index in [1.807, 2.05) is 0 Å². The van der Waals surface area contributed by atoms with Crippen LogP contribution in [-0.2, 0) is 10.0 Å². The Morgan fingerprint density at radius 2 is 1.81 bits per heavy atom. The van der Waals surface area contributed by atoms with Crippen LogP contribution in [-0.4, -0.2) is 26.8 Å². The van der Waals surface area contributed by atoms with Crippen molar-refractivity contribution in [2.75, 3.05) is 12.8 Å². The van der Waals surface area contributed by atoms with Crippen LogP contribution in [0, 0.1) is 18.6 Å². The molecule has 1 unspecified atom stereocenters. The normalized spacial score (nSPS) is 14.2. The summed E-state index contributed by atoms with van der Waals surface area (Å²) in [5, 5.41) is 3.02. The summed E-state index contributed by atoms with van der Waals surface area (Å²) in [6, 6.07) is 1.88. The molecule has 1 aromatic carbocycles. The Balaban J connectivity index is 2.78. The molecule has 0 radical (unpaired) electrons. The fraction of sp³-hybridized carbons (Fsp3) is 0.571. The predicted molar refractivity (Wildman–Crippen MR) is 79.6 cm³/mol. The molecule has 0 spiro atoms. The van der Waals surface area contributed by atoms with Gasteiger partial charge in [-0.1, -0.05) is 0 Å². The number of benzene rings is 1. The van der Waals surface area contributed by atoms with E-state index in [4.69, 9.17) is 0 Å². The van der Waals surface area contributed by atoms with Crippen molar-refractivity contribution in [1.82, 2.24) is 10.0 Å². The molecule has 1 rings (SSSR count). The highest BCUT2D eigenvalue weighted by atomic mass is 32.2. The van der Waals surface area contributed by atoms with Gasteiger partial charge in [0.1, 0.15) is 11.6 Å². The quantitative estimate of drug-likeness (QED) is 0.845. The molecule has 0 saturated carbocycles. The number of nitrogens with one attached hydrogen (secondary N) is 2. The fourth-order valence-electron chi connectivity index (χ4n) is 2.05. The van der Waals surface area contributed by atoms with Gasteiger partial charge in [0.25, 0.3) is 0 Å². The standard InChI is InChI=1S/C14H22F2N2O2S/c1-9-6-13(16)11(7-12(9)15)10(2)17-8-14(3,4)18-21(5,19)20/h6-7,10,17-18H,8H2,1-5H3. The second-order valence-electron chi connectivity index (χ2n) is 5.98. The van der Waals surface area contributed by atoms with Crippen LogP contribution in [0.5, 0.6) is 0 Å². The van der Waals surface area contributed by atoms with E-state index in [0.717, 1.165) is 12.3 Å². The summed E-state index contributed by atoms with van der Waals surface area (Å²) in [6.07, 6.45) is 1.08. The third-order valence-electron chi connectivity index (χ3n) is 3.06. The van der Waals surface area contributed by atoms with E-state index in [9.17, 15) is 17.2 Å². The average Bonchev–Trinajstić information content (AvgIpc) is 2.28. The zero-order valence-corrected chi connectivity index (χ0v) is 13.7. The maximum Gasteiger partial charge on any atom is 0.209 e. The van der Waals surface area contributed by atoms with E-state index in [1.165, 1.54) is 13.0 Å².